The molecule has 0 fully saturated rings. The SMILES string of the molecule is COc1ccc(C(=O)NS(=O)(=O)c2c(C)noc2C)cc1. The Kier molecular flexibility index (Phi) is 3.99. The molecule has 1 amide bonds. The molecule has 0 spiro atoms. The van der Waals surface area contributed by atoms with Gasteiger partial charge in [0.25, 0.3) is 15.9 Å². The first kappa shape index (κ1) is 15.0. The molecule has 1 heterocycles. The molecule has 1 aromatic heterocycles. The van der Waals surface area contributed by atoms with Crippen molar-refractivity contribution in [3.8, 4) is 5.75 Å². The number of hydrogen-bond donors (Lipinski definition) is 1. The van der Waals surface area contributed by atoms with Gasteiger partial charge in [0, 0.05) is 5.56 Å². The van der Waals surface area contributed by atoms with Crippen LogP contribution in [0.25, 0.3) is 0 Å². The van der Waals surface area contributed by atoms with E-state index >= 15 is 0 Å². The molecule has 112 valence electrons. The molecule has 0 atom stereocenters. The number of aromatic nitrogens is 1. The number of aryl methyl sites for hydroxylation is 2. The van der Waals surface area contributed by atoms with Crippen molar-refractivity contribution in [3.63, 3.8) is 0 Å². The number of nitrogens with one attached hydrogen (secondary N) is 1. The largest absolute Gasteiger partial charge is 0.497 e. The fraction of sp³-hybridized carbons (Fsp3) is 0.231. The predicted molar refractivity (Wildman–Crippen MR) is 73.6 cm³/mol. The first-order valence-electron chi connectivity index (χ1n) is 5.99. The van der Waals surface area contributed by atoms with Crippen molar-refractivity contribution in [3.05, 3.63) is 41.3 Å². The highest BCUT2D eigenvalue weighted by atomic mass is 32.2. The fourth-order valence-corrected chi connectivity index (χ4v) is 3.14. The maximum atomic E-state index is 12.2. The standard InChI is InChI=1S/C13H14N2O5S/c1-8-12(9(2)20-14-8)21(17,18)15-13(16)10-4-6-11(19-3)7-5-10/h4-7H,1-3H3,(H,15,16). The molecule has 0 radical (unpaired) electrons. The van der Waals surface area contributed by atoms with Crippen LogP contribution in [-0.2, 0) is 10.0 Å². The zero-order valence-corrected chi connectivity index (χ0v) is 12.5. The molecule has 1 aromatic carbocycles. The van der Waals surface area contributed by atoms with Crippen LogP contribution in [0.15, 0.2) is 33.7 Å². The van der Waals surface area contributed by atoms with E-state index in [1.807, 2.05) is 4.72 Å². The first-order chi connectivity index (χ1) is 9.85. The number of methoxy groups -OCH3 is 1. The lowest BCUT2D eigenvalue weighted by Crippen LogP contribution is -2.31. The van der Waals surface area contributed by atoms with Gasteiger partial charge in [0.2, 0.25) is 0 Å². The third-order valence-corrected chi connectivity index (χ3v) is 4.39. The molecule has 1 N–H and O–H groups in total. The molecule has 8 heteroatoms. The van der Waals surface area contributed by atoms with Crippen molar-refractivity contribution in [2.24, 2.45) is 0 Å². The van der Waals surface area contributed by atoms with Gasteiger partial charge in [-0.15, -0.1) is 0 Å². The Hall–Kier alpha value is -2.35. The number of carbonyl (C=O) groups excluding carboxylic acids is 1. The molecule has 2 aromatic rings. The van der Waals surface area contributed by atoms with Crippen molar-refractivity contribution >= 4 is 15.9 Å². The molecule has 0 aliphatic rings. The van der Waals surface area contributed by atoms with Gasteiger partial charge in [-0.3, -0.25) is 4.79 Å². The summed E-state index contributed by atoms with van der Waals surface area (Å²) in [6.45, 7) is 2.95. The predicted octanol–water partition coefficient (Wildman–Crippen LogP) is 1.42. The van der Waals surface area contributed by atoms with Crippen LogP contribution in [0, 0.1) is 13.8 Å². The number of sulfonamides is 1. The van der Waals surface area contributed by atoms with Gasteiger partial charge < -0.3 is 9.26 Å². The minimum absolute atomic E-state index is 0.121. The van der Waals surface area contributed by atoms with Crippen LogP contribution < -0.4 is 9.46 Å². The second-order valence-corrected chi connectivity index (χ2v) is 5.94. The highest BCUT2D eigenvalue weighted by Gasteiger charge is 2.26. The number of nitrogens with zero attached hydrogens (tertiary/aromatic N) is 1. The fourth-order valence-electron chi connectivity index (χ4n) is 1.83. The minimum Gasteiger partial charge on any atom is -0.497 e. The Labute approximate surface area is 121 Å². The van der Waals surface area contributed by atoms with Gasteiger partial charge in [0.05, 0.1) is 7.11 Å². The van der Waals surface area contributed by atoms with Gasteiger partial charge in [0.1, 0.15) is 11.4 Å². The van der Waals surface area contributed by atoms with E-state index in [2.05, 4.69) is 5.16 Å². The molecule has 0 saturated carbocycles. The van der Waals surface area contributed by atoms with Crippen LogP contribution in [0.3, 0.4) is 0 Å². The monoisotopic (exact) mass is 310 g/mol. The summed E-state index contributed by atoms with van der Waals surface area (Å²) in [5, 5.41) is 3.56. The molecule has 21 heavy (non-hydrogen) atoms. The molecule has 0 saturated heterocycles. The molecule has 0 aliphatic carbocycles. The van der Waals surface area contributed by atoms with E-state index in [4.69, 9.17) is 9.26 Å². The third kappa shape index (κ3) is 3.05. The van der Waals surface area contributed by atoms with Crippen molar-refractivity contribution in [2.75, 3.05) is 7.11 Å². The lowest BCUT2D eigenvalue weighted by atomic mass is 10.2. The van der Waals surface area contributed by atoms with E-state index in [-0.39, 0.29) is 21.9 Å². The molecular formula is C13H14N2O5S. The maximum Gasteiger partial charge on any atom is 0.269 e. The Morgan fingerprint density at radius 2 is 1.86 bits per heavy atom. The van der Waals surface area contributed by atoms with Crippen LogP contribution in [0.4, 0.5) is 0 Å². The summed E-state index contributed by atoms with van der Waals surface area (Å²) in [5.74, 6) is -0.0414. The van der Waals surface area contributed by atoms with Crippen molar-refractivity contribution in [1.29, 1.82) is 0 Å². The van der Waals surface area contributed by atoms with Gasteiger partial charge in [-0.25, -0.2) is 13.1 Å². The highest BCUT2D eigenvalue weighted by Crippen LogP contribution is 2.19. The van der Waals surface area contributed by atoms with Gasteiger partial charge in [-0.05, 0) is 38.1 Å². The number of amides is 1. The molecule has 0 unspecified atom stereocenters. The average molecular weight is 310 g/mol. The van der Waals surface area contributed by atoms with Gasteiger partial charge in [-0.2, -0.15) is 0 Å². The lowest BCUT2D eigenvalue weighted by Gasteiger charge is -2.07. The number of benzene rings is 1. The summed E-state index contributed by atoms with van der Waals surface area (Å²) in [7, 11) is -2.53. The van der Waals surface area contributed by atoms with E-state index in [1.54, 1.807) is 12.1 Å². The van der Waals surface area contributed by atoms with Crippen molar-refractivity contribution in [2.45, 2.75) is 18.7 Å². The summed E-state index contributed by atoms with van der Waals surface area (Å²) in [6.07, 6.45) is 0. The minimum atomic E-state index is -4.03. The molecule has 7 nitrogen and oxygen atoms in total. The van der Waals surface area contributed by atoms with E-state index in [1.165, 1.54) is 33.1 Å². The number of hydrogen-bond acceptors (Lipinski definition) is 6. The number of ether oxygens (including phenoxy) is 1. The quantitative estimate of drug-likeness (QED) is 0.917. The highest BCUT2D eigenvalue weighted by molar-refractivity contribution is 7.90. The average Bonchev–Trinajstić information content (AvgIpc) is 2.78. The Balaban J connectivity index is 2.26. The second kappa shape index (κ2) is 5.57. The van der Waals surface area contributed by atoms with E-state index < -0.39 is 15.9 Å². The van der Waals surface area contributed by atoms with Crippen molar-refractivity contribution in [1.82, 2.24) is 9.88 Å². The summed E-state index contributed by atoms with van der Waals surface area (Å²) in [6, 6.07) is 6.07. The maximum absolute atomic E-state index is 12.2. The van der Waals surface area contributed by atoms with Crippen molar-refractivity contribution < 1.29 is 22.5 Å². The molecular weight excluding hydrogens is 296 g/mol. The van der Waals surface area contributed by atoms with Crippen LogP contribution in [0.2, 0.25) is 0 Å². The number of rotatable bonds is 4. The van der Waals surface area contributed by atoms with Gasteiger partial charge in [0.15, 0.2) is 10.7 Å². The summed E-state index contributed by atoms with van der Waals surface area (Å²) < 4.78 is 36.1. The Morgan fingerprint density at radius 1 is 1.24 bits per heavy atom. The lowest BCUT2D eigenvalue weighted by molar-refractivity contribution is 0.0981. The zero-order valence-electron chi connectivity index (χ0n) is 11.7. The van der Waals surface area contributed by atoms with Gasteiger partial charge in [-0.1, -0.05) is 5.16 Å². The summed E-state index contributed by atoms with van der Waals surface area (Å²) in [4.78, 5) is 11.9. The zero-order chi connectivity index (χ0) is 15.6. The number of carbonyl (C=O) groups is 1. The summed E-state index contributed by atoms with van der Waals surface area (Å²) in [5.41, 5.74) is 0.397. The Bertz CT molecular complexity index is 743. The van der Waals surface area contributed by atoms with Crippen LogP contribution in [-0.4, -0.2) is 26.6 Å². The van der Waals surface area contributed by atoms with Gasteiger partial charge >= 0.3 is 0 Å². The van der Waals surface area contributed by atoms with Crippen LogP contribution in [0.1, 0.15) is 21.8 Å². The summed E-state index contributed by atoms with van der Waals surface area (Å²) >= 11 is 0. The smallest absolute Gasteiger partial charge is 0.269 e. The Morgan fingerprint density at radius 3 is 2.33 bits per heavy atom. The van der Waals surface area contributed by atoms with Crippen LogP contribution in [0.5, 0.6) is 5.75 Å². The van der Waals surface area contributed by atoms with Crippen LogP contribution >= 0.6 is 0 Å². The van der Waals surface area contributed by atoms with E-state index in [0.29, 0.717) is 5.75 Å². The van der Waals surface area contributed by atoms with E-state index in [9.17, 15) is 13.2 Å². The molecule has 2 rings (SSSR count). The van der Waals surface area contributed by atoms with E-state index in [0.717, 1.165) is 0 Å². The topological polar surface area (TPSA) is 98.5 Å². The normalized spacial score (nSPS) is 11.2. The third-order valence-electron chi connectivity index (χ3n) is 2.82. The molecule has 0 aliphatic heterocycles. The first-order valence-corrected chi connectivity index (χ1v) is 7.47. The molecule has 0 bridgehead atoms. The second-order valence-electron chi connectivity index (χ2n) is 4.32.